The lowest BCUT2D eigenvalue weighted by molar-refractivity contribution is -0.384. The molecule has 90 heavy (non-hydrogen) atoms. The molecule has 7 aromatic rings. The van der Waals surface area contributed by atoms with Crippen LogP contribution in [0.5, 0.6) is 17.2 Å². The molecule has 0 radical (unpaired) electrons. The minimum atomic E-state index is -4.46. The molecule has 5 aromatic carbocycles. The van der Waals surface area contributed by atoms with E-state index in [-0.39, 0.29) is 47.8 Å². The highest BCUT2D eigenvalue weighted by Gasteiger charge is 2.61. The number of hydrogen-bond donors (Lipinski definition) is 7. The predicted octanol–water partition coefficient (Wildman–Crippen LogP) is 6.24. The summed E-state index contributed by atoms with van der Waals surface area (Å²) in [5.41, 5.74) is 9.87. The number of nitro groups is 1. The molecule has 2 fully saturated rings. The van der Waals surface area contributed by atoms with E-state index in [2.05, 4.69) is 20.1 Å². The summed E-state index contributed by atoms with van der Waals surface area (Å²) in [5, 5.41) is 44.2. The molecule has 9 rings (SSSR count). The molecule has 0 saturated carbocycles. The second-order valence-corrected chi connectivity index (χ2v) is 22.7. The number of nitrogens with zero attached hydrogens (tertiary/aromatic N) is 5. The zero-order valence-corrected chi connectivity index (χ0v) is 49.1. The summed E-state index contributed by atoms with van der Waals surface area (Å²) in [4.78, 5) is 65.5. The molecule has 2 aromatic heterocycles. The summed E-state index contributed by atoms with van der Waals surface area (Å²) < 4.78 is 128. The molecule has 0 bridgehead atoms. The zero-order chi connectivity index (χ0) is 65.4. The van der Waals surface area contributed by atoms with Gasteiger partial charge in [-0.1, -0.05) is 97.1 Å². The highest BCUT2D eigenvalue weighted by atomic mass is 31.2. The lowest BCUT2D eigenvalue weighted by atomic mass is 10.1. The summed E-state index contributed by atoms with van der Waals surface area (Å²) in [5.74, 6) is -9.03. The first kappa shape index (κ1) is 68.5. The largest absolute Gasteiger partial charge is 0.513 e. The van der Waals surface area contributed by atoms with Gasteiger partial charge in [0.25, 0.3) is 5.69 Å². The van der Waals surface area contributed by atoms with Crippen molar-refractivity contribution >= 4 is 44.8 Å². The van der Waals surface area contributed by atoms with Crippen LogP contribution in [0.25, 0.3) is 0 Å². The molecule has 0 spiro atoms. The summed E-state index contributed by atoms with van der Waals surface area (Å²) in [6.45, 7) is 1.17. The molecule has 34 heteroatoms. The number of nitro benzene ring substituents is 1. The molecule has 480 valence electrons. The number of nitrogens with two attached hydrogens (primary N) is 2. The van der Waals surface area contributed by atoms with Gasteiger partial charge < -0.3 is 59.3 Å². The van der Waals surface area contributed by atoms with Crippen LogP contribution in [0, 0.1) is 10.1 Å². The number of alkyl halides is 4. The fraction of sp³-hybridized carbons (Fsp3) is 0.286. The molecule has 9 N–H and O–H groups in total. The van der Waals surface area contributed by atoms with Gasteiger partial charge in [0.05, 0.1) is 18.1 Å². The number of aliphatic hydroxyl groups is 3. The van der Waals surface area contributed by atoms with Gasteiger partial charge in [0.2, 0.25) is 12.5 Å². The van der Waals surface area contributed by atoms with Crippen LogP contribution in [-0.2, 0) is 55.4 Å². The van der Waals surface area contributed by atoms with Gasteiger partial charge >= 0.3 is 50.7 Å². The zero-order valence-electron chi connectivity index (χ0n) is 47.3. The SMILES string of the molecule is C[C@H](N[P@@](=O)(OC[C@H]1O[C@@H](n2ccc(N)nc2=O)C(F)(F)[C@@H]1O)Oc1ccccc1)C(=O)OCc1ccccc1.C[C@H](N[P@@](=O)(Oc1ccccc1)Oc1ccc([N+](=O)[O-])cc1)C(=O)OCc1ccccc1.Nc1ccn([C@@H]2O[C@H](CO)[C@@H](O)C2(F)F)c(=O)n1. The van der Waals surface area contributed by atoms with Crippen LogP contribution in [0.4, 0.5) is 34.9 Å². The van der Waals surface area contributed by atoms with Crippen molar-refractivity contribution in [2.75, 3.05) is 24.7 Å². The van der Waals surface area contributed by atoms with Crippen LogP contribution in [-0.4, -0.2) is 113 Å². The van der Waals surface area contributed by atoms with Crippen molar-refractivity contribution in [2.24, 2.45) is 0 Å². The number of esters is 2. The van der Waals surface area contributed by atoms with E-state index >= 15 is 0 Å². The number of benzene rings is 5. The van der Waals surface area contributed by atoms with Gasteiger partial charge in [-0.2, -0.15) is 37.7 Å². The van der Waals surface area contributed by atoms with Crippen molar-refractivity contribution in [3.05, 3.63) is 212 Å². The maximum Gasteiger partial charge on any atom is 0.513 e. The Balaban J connectivity index is 0.000000205. The van der Waals surface area contributed by atoms with Gasteiger partial charge in [0, 0.05) is 24.5 Å². The van der Waals surface area contributed by atoms with Crippen molar-refractivity contribution in [1.29, 1.82) is 0 Å². The molecule has 4 heterocycles. The lowest BCUT2D eigenvalue weighted by Gasteiger charge is -2.24. The number of ether oxygens (including phenoxy) is 4. The van der Waals surface area contributed by atoms with Crippen LogP contribution < -0.4 is 46.6 Å². The number of halogens is 4. The number of carbonyl (C=O) groups excluding carboxylic acids is 2. The molecule has 2 aliphatic rings. The molecule has 2 aliphatic heterocycles. The number of hydrogen-bond acceptors (Lipinski definition) is 23. The van der Waals surface area contributed by atoms with E-state index in [4.69, 9.17) is 53.6 Å². The summed E-state index contributed by atoms with van der Waals surface area (Å²) >= 11 is 0. The minimum absolute atomic E-state index is 0.0473. The van der Waals surface area contributed by atoms with E-state index in [9.17, 15) is 66.2 Å². The Morgan fingerprint density at radius 2 is 0.989 bits per heavy atom. The molecule has 28 nitrogen and oxygen atoms in total. The number of carbonyl (C=O) groups is 2. The maximum atomic E-state index is 14.9. The average molecular weight is 1300 g/mol. The Morgan fingerprint density at radius 3 is 1.38 bits per heavy atom. The Bertz CT molecular complexity index is 3750. The van der Waals surface area contributed by atoms with Crippen molar-refractivity contribution < 1.29 is 93.6 Å². The average Bonchev–Trinajstić information content (AvgIpc) is 1.65. The van der Waals surface area contributed by atoms with Crippen LogP contribution in [0.3, 0.4) is 0 Å². The van der Waals surface area contributed by atoms with Gasteiger partial charge in [-0.3, -0.25) is 33.4 Å². The van der Waals surface area contributed by atoms with E-state index in [0.29, 0.717) is 9.13 Å². The van der Waals surface area contributed by atoms with E-state index in [1.165, 1.54) is 50.2 Å². The quantitative estimate of drug-likeness (QED) is 0.0122. The van der Waals surface area contributed by atoms with Crippen LogP contribution >= 0.6 is 15.5 Å². The molecule has 2 saturated heterocycles. The first-order chi connectivity index (χ1) is 42.7. The number of nitrogen functional groups attached to an aromatic ring is 2. The Hall–Kier alpha value is -8.94. The second-order valence-electron chi connectivity index (χ2n) is 19.4. The number of aliphatic hydroxyl groups excluding tert-OH is 3. The van der Waals surface area contributed by atoms with Crippen molar-refractivity contribution in [3.63, 3.8) is 0 Å². The third-order valence-electron chi connectivity index (χ3n) is 12.6. The van der Waals surface area contributed by atoms with Crippen molar-refractivity contribution in [3.8, 4) is 17.2 Å². The maximum absolute atomic E-state index is 14.9. The minimum Gasteiger partial charge on any atom is -0.460 e. The highest BCUT2D eigenvalue weighted by molar-refractivity contribution is 7.52. The lowest BCUT2D eigenvalue weighted by Crippen LogP contribution is -2.42. The number of anilines is 2. The van der Waals surface area contributed by atoms with E-state index < -0.39 is 118 Å². The molecular formula is C56H59F4N9O19P2. The number of nitrogens with one attached hydrogen (secondary N) is 2. The van der Waals surface area contributed by atoms with Gasteiger partial charge in [-0.15, -0.1) is 0 Å². The number of rotatable bonds is 23. The van der Waals surface area contributed by atoms with Crippen LogP contribution in [0.2, 0.25) is 0 Å². The van der Waals surface area contributed by atoms with Gasteiger partial charge in [-0.05, 0) is 73.5 Å². The third kappa shape index (κ3) is 18.3. The molecule has 0 unspecified atom stereocenters. The fourth-order valence-corrected chi connectivity index (χ4v) is 11.1. The number of para-hydroxylation sites is 2. The smallest absolute Gasteiger partial charge is 0.460 e. The Kier molecular flexibility index (Phi) is 23.2. The summed E-state index contributed by atoms with van der Waals surface area (Å²) in [6, 6.07) is 39.0. The first-order valence-corrected chi connectivity index (χ1v) is 29.8. The highest BCUT2D eigenvalue weighted by Crippen LogP contribution is 2.49. The fourth-order valence-electron chi connectivity index (χ4n) is 8.06. The second kappa shape index (κ2) is 30.5. The summed E-state index contributed by atoms with van der Waals surface area (Å²) in [7, 11) is -8.59. The predicted molar refractivity (Wildman–Crippen MR) is 309 cm³/mol. The Morgan fingerprint density at radius 1 is 0.622 bits per heavy atom. The van der Waals surface area contributed by atoms with Crippen molar-refractivity contribution in [1.82, 2.24) is 29.3 Å². The first-order valence-electron chi connectivity index (χ1n) is 26.7. The third-order valence-corrected chi connectivity index (χ3v) is 15.9. The summed E-state index contributed by atoms with van der Waals surface area (Å²) in [6.07, 6.45) is -10.2. The monoisotopic (exact) mass is 1300 g/mol. The number of aromatic nitrogens is 4. The standard InChI is InChI=1S/C25H27F2N4O8P.C22H21N2O7P.C9H11F2N3O4/c1-16(22(33)36-14-17-8-4-2-5-9-17)30-40(35,39-18-10-6-3-7-11-18)37-15-19-21(32)25(26,27)23(38-19)31-13-12-20(28)29-24(31)34;1-17(22(25)29-16-18-8-4-2-5-9-18)23-32(28,30-20-10-6-3-7-11-20)31-21-14-12-19(13-15-21)24(26)27;10-9(11)6(16)4(3-15)18-7(9)14-2-1-5(12)13-8(14)17/h2-13,16,19,21,23,32H,14-15H2,1H3,(H,30,35)(H2,28,29,34);2-15,17H,16H2,1H3,(H,23,28);1-2,4,6-7,15-16H,3H2,(H2,12,13,17)/t16-,19+,21+,23+,40+;17-,32+;4-,6-,7-/m001/s1. The van der Waals surface area contributed by atoms with Crippen LogP contribution in [0.1, 0.15) is 37.4 Å². The molecule has 0 aliphatic carbocycles. The molecule has 10 atom stereocenters. The van der Waals surface area contributed by atoms with Gasteiger partial charge in [0.1, 0.15) is 66.4 Å². The number of non-ortho nitro benzene ring substituents is 1. The molecule has 0 amide bonds. The Labute approximate surface area is 508 Å². The van der Waals surface area contributed by atoms with Crippen LogP contribution in [0.15, 0.2) is 180 Å². The van der Waals surface area contributed by atoms with Gasteiger partial charge in [0.15, 0.2) is 12.2 Å². The van der Waals surface area contributed by atoms with E-state index in [0.717, 1.165) is 35.7 Å². The van der Waals surface area contributed by atoms with E-state index in [1.54, 1.807) is 78.9 Å². The van der Waals surface area contributed by atoms with E-state index in [1.807, 2.05) is 30.3 Å². The van der Waals surface area contributed by atoms with Gasteiger partial charge in [-0.25, -0.2) is 18.7 Å². The van der Waals surface area contributed by atoms with Crippen molar-refractivity contribution in [2.45, 2.75) is 87.9 Å². The topological polar surface area (TPSA) is 392 Å². The molecular weight excluding hydrogens is 1240 g/mol. The normalized spacial score (nSPS) is 20.8.